The van der Waals surface area contributed by atoms with Crippen molar-refractivity contribution >= 4 is 6.03 Å². The third kappa shape index (κ3) is 1.99. The minimum Gasteiger partial charge on any atom is -0.324 e. The number of carbonyl (C=O) groups is 1. The van der Waals surface area contributed by atoms with Crippen LogP contribution in [-0.4, -0.2) is 41.5 Å². The van der Waals surface area contributed by atoms with E-state index >= 15 is 0 Å². The number of likely N-dealkylation sites (tertiary alicyclic amines) is 2. The van der Waals surface area contributed by atoms with E-state index in [1.807, 2.05) is 4.90 Å². The fourth-order valence-corrected chi connectivity index (χ4v) is 2.47. The molecule has 0 saturated carbocycles. The summed E-state index contributed by atoms with van der Waals surface area (Å²) in [7, 11) is 0. The second kappa shape index (κ2) is 4.32. The van der Waals surface area contributed by atoms with Crippen molar-refractivity contribution in [3.8, 4) is 6.07 Å². The molecule has 1 atom stereocenters. The van der Waals surface area contributed by atoms with Crippen LogP contribution in [0, 0.1) is 23.2 Å². The molecule has 0 bridgehead atoms. The predicted molar refractivity (Wildman–Crippen MR) is 60.6 cm³/mol. The van der Waals surface area contributed by atoms with E-state index in [9.17, 15) is 4.79 Å². The lowest BCUT2D eigenvalue weighted by molar-refractivity contribution is 0.0554. The molecular weight excluding hydrogens is 202 g/mol. The van der Waals surface area contributed by atoms with Gasteiger partial charge < -0.3 is 9.80 Å². The van der Waals surface area contributed by atoms with Gasteiger partial charge in [-0.2, -0.15) is 5.26 Å². The van der Waals surface area contributed by atoms with Crippen molar-refractivity contribution in [3.05, 3.63) is 0 Å². The second-order valence-electron chi connectivity index (χ2n) is 5.31. The minimum atomic E-state index is -0.170. The van der Waals surface area contributed by atoms with Crippen LogP contribution in [0.1, 0.15) is 26.7 Å². The highest BCUT2D eigenvalue weighted by Gasteiger charge is 2.39. The third-order valence-electron chi connectivity index (χ3n) is 3.45. The Morgan fingerprint density at radius 2 is 2.19 bits per heavy atom. The molecule has 88 valence electrons. The van der Waals surface area contributed by atoms with Gasteiger partial charge in [0.1, 0.15) is 6.04 Å². The van der Waals surface area contributed by atoms with Crippen molar-refractivity contribution in [2.45, 2.75) is 32.7 Å². The van der Waals surface area contributed by atoms with Crippen molar-refractivity contribution in [1.82, 2.24) is 9.80 Å². The summed E-state index contributed by atoms with van der Waals surface area (Å²) < 4.78 is 0. The minimum absolute atomic E-state index is 0.0674. The predicted octanol–water partition coefficient (Wildman–Crippen LogP) is 1.68. The molecule has 2 fully saturated rings. The van der Waals surface area contributed by atoms with Gasteiger partial charge in [0.2, 0.25) is 0 Å². The maximum atomic E-state index is 11.9. The average Bonchev–Trinajstić information content (AvgIpc) is 2.08. The Morgan fingerprint density at radius 1 is 1.50 bits per heavy atom. The molecule has 0 spiro atoms. The molecule has 2 rings (SSSR count). The topological polar surface area (TPSA) is 47.3 Å². The molecular formula is C12H19N3O. The summed E-state index contributed by atoms with van der Waals surface area (Å²) in [4.78, 5) is 15.5. The molecule has 0 radical (unpaired) electrons. The Labute approximate surface area is 96.8 Å². The molecule has 0 unspecified atom stereocenters. The van der Waals surface area contributed by atoms with E-state index in [0.717, 1.165) is 26.1 Å². The highest BCUT2D eigenvalue weighted by atomic mass is 16.2. The van der Waals surface area contributed by atoms with E-state index in [1.165, 1.54) is 6.42 Å². The van der Waals surface area contributed by atoms with Crippen LogP contribution < -0.4 is 0 Å². The van der Waals surface area contributed by atoms with Gasteiger partial charge in [-0.3, -0.25) is 0 Å². The highest BCUT2D eigenvalue weighted by Crippen LogP contribution is 2.27. The number of hydrogen-bond donors (Lipinski definition) is 0. The van der Waals surface area contributed by atoms with Crippen molar-refractivity contribution in [2.24, 2.45) is 11.8 Å². The third-order valence-corrected chi connectivity index (χ3v) is 3.45. The number of amides is 2. The molecule has 2 aliphatic rings. The van der Waals surface area contributed by atoms with E-state index in [4.69, 9.17) is 5.26 Å². The largest absolute Gasteiger partial charge is 0.324 e. The van der Waals surface area contributed by atoms with Crippen LogP contribution in [0.25, 0.3) is 0 Å². The van der Waals surface area contributed by atoms with E-state index in [0.29, 0.717) is 11.8 Å². The van der Waals surface area contributed by atoms with Crippen molar-refractivity contribution in [1.29, 1.82) is 5.26 Å². The lowest BCUT2D eigenvalue weighted by atomic mass is 9.90. The smallest absolute Gasteiger partial charge is 0.321 e. The molecule has 16 heavy (non-hydrogen) atoms. The molecule has 0 aliphatic carbocycles. The molecule has 4 heteroatoms. The van der Waals surface area contributed by atoms with E-state index in [2.05, 4.69) is 19.9 Å². The van der Waals surface area contributed by atoms with Crippen LogP contribution in [0.5, 0.6) is 0 Å². The van der Waals surface area contributed by atoms with Gasteiger partial charge in [0, 0.05) is 19.6 Å². The normalized spacial score (nSPS) is 25.0. The Morgan fingerprint density at radius 3 is 2.62 bits per heavy atom. The molecule has 0 N–H and O–H groups in total. The van der Waals surface area contributed by atoms with Crippen molar-refractivity contribution in [2.75, 3.05) is 19.6 Å². The first-order valence-electron chi connectivity index (χ1n) is 6.07. The van der Waals surface area contributed by atoms with Gasteiger partial charge in [-0.05, 0) is 24.7 Å². The fraction of sp³-hybridized carbons (Fsp3) is 0.833. The Balaban J connectivity index is 1.76. The molecule has 2 saturated heterocycles. The number of nitriles is 1. The monoisotopic (exact) mass is 221 g/mol. The number of nitrogens with zero attached hydrogens (tertiary/aromatic N) is 3. The zero-order chi connectivity index (χ0) is 11.7. The van der Waals surface area contributed by atoms with Crippen molar-refractivity contribution < 1.29 is 4.79 Å². The van der Waals surface area contributed by atoms with Gasteiger partial charge in [0.05, 0.1) is 6.07 Å². The summed E-state index contributed by atoms with van der Waals surface area (Å²) in [5, 5.41) is 8.79. The van der Waals surface area contributed by atoms with Gasteiger partial charge >= 0.3 is 6.03 Å². The van der Waals surface area contributed by atoms with Crippen LogP contribution >= 0.6 is 0 Å². The average molecular weight is 221 g/mol. The molecule has 2 heterocycles. The van der Waals surface area contributed by atoms with Crippen LogP contribution in [0.3, 0.4) is 0 Å². The second-order valence-corrected chi connectivity index (χ2v) is 5.31. The van der Waals surface area contributed by atoms with Gasteiger partial charge in [-0.15, -0.1) is 0 Å². The summed E-state index contributed by atoms with van der Waals surface area (Å²) >= 11 is 0. The number of hydrogen-bond acceptors (Lipinski definition) is 2. The first kappa shape index (κ1) is 11.3. The van der Waals surface area contributed by atoms with Gasteiger partial charge in [-0.25, -0.2) is 4.79 Å². The summed E-state index contributed by atoms with van der Waals surface area (Å²) in [6, 6.07) is 2.05. The Hall–Kier alpha value is -1.24. The summed E-state index contributed by atoms with van der Waals surface area (Å²) in [6.07, 6.45) is 2.04. The van der Waals surface area contributed by atoms with Crippen LogP contribution in [0.15, 0.2) is 0 Å². The lowest BCUT2D eigenvalue weighted by Gasteiger charge is -2.46. The summed E-state index contributed by atoms with van der Waals surface area (Å²) in [5.41, 5.74) is 0. The van der Waals surface area contributed by atoms with Crippen LogP contribution in [0.4, 0.5) is 4.79 Å². The first-order valence-corrected chi connectivity index (χ1v) is 6.07. The highest BCUT2D eigenvalue weighted by molar-refractivity contribution is 5.77. The molecule has 4 nitrogen and oxygen atoms in total. The van der Waals surface area contributed by atoms with E-state index in [-0.39, 0.29) is 12.1 Å². The zero-order valence-electron chi connectivity index (χ0n) is 10.0. The molecule has 0 aromatic rings. The quantitative estimate of drug-likeness (QED) is 0.712. The fourth-order valence-electron chi connectivity index (χ4n) is 2.47. The number of urea groups is 1. The van der Waals surface area contributed by atoms with Gasteiger partial charge in [0.15, 0.2) is 0 Å². The first-order chi connectivity index (χ1) is 7.61. The standard InChI is InChI=1S/C12H19N3O/c1-9(2)5-10-7-14(8-10)12(16)15-4-3-11(15)6-13/h9-11H,3-5,7-8H2,1-2H3/t11-/m0/s1. The van der Waals surface area contributed by atoms with E-state index in [1.54, 1.807) is 4.90 Å². The Bertz CT molecular complexity index is 315. The molecule has 0 aromatic carbocycles. The van der Waals surface area contributed by atoms with Gasteiger partial charge in [0.25, 0.3) is 0 Å². The van der Waals surface area contributed by atoms with Crippen LogP contribution in [-0.2, 0) is 0 Å². The molecule has 0 aromatic heterocycles. The SMILES string of the molecule is CC(C)CC1CN(C(=O)N2CC[C@H]2C#N)C1. The van der Waals surface area contributed by atoms with E-state index < -0.39 is 0 Å². The zero-order valence-corrected chi connectivity index (χ0v) is 10.0. The lowest BCUT2D eigenvalue weighted by Crippen LogP contribution is -2.61. The summed E-state index contributed by atoms with van der Waals surface area (Å²) in [5.74, 6) is 1.38. The van der Waals surface area contributed by atoms with Crippen molar-refractivity contribution in [3.63, 3.8) is 0 Å². The van der Waals surface area contributed by atoms with Crippen LogP contribution in [0.2, 0.25) is 0 Å². The van der Waals surface area contributed by atoms with Gasteiger partial charge in [-0.1, -0.05) is 13.8 Å². The summed E-state index contributed by atoms with van der Waals surface area (Å²) in [6.45, 7) is 6.94. The maximum Gasteiger partial charge on any atom is 0.321 e. The molecule has 2 amide bonds. The number of carbonyl (C=O) groups excluding carboxylic acids is 1. The molecule has 2 aliphatic heterocycles. The number of rotatable bonds is 2. The maximum absolute atomic E-state index is 11.9. The Kier molecular flexibility index (Phi) is 3.04.